The molecule has 100 valence electrons. The Hall–Kier alpha value is -1.51. The first-order chi connectivity index (χ1) is 9.36. The van der Waals surface area contributed by atoms with Gasteiger partial charge in [-0.05, 0) is 24.3 Å². The van der Waals surface area contributed by atoms with Gasteiger partial charge in [0.05, 0.1) is 11.9 Å². The number of hydrogen-bond donors (Lipinski definition) is 1. The predicted octanol–water partition coefficient (Wildman–Crippen LogP) is 2.53. The van der Waals surface area contributed by atoms with Gasteiger partial charge in [0.1, 0.15) is 0 Å². The van der Waals surface area contributed by atoms with Crippen LogP contribution >= 0.6 is 9.42 Å². The standard InChI is InChI=1S/C13H11N3O.ClH.Pt/c17-13(11-6-2-1-3-7-11)16-15-10-12-8-4-5-9-14-12;;/h1-10H,(H,16,17);1H;/q;;+2/p-1/b15-10+;;. The molecule has 0 bridgehead atoms. The van der Waals surface area contributed by atoms with E-state index >= 15 is 0 Å². The van der Waals surface area contributed by atoms with Crippen molar-refractivity contribution < 1.29 is 23.6 Å². The van der Waals surface area contributed by atoms with Crippen molar-refractivity contribution in [2.24, 2.45) is 5.10 Å². The van der Waals surface area contributed by atoms with Gasteiger partial charge in [-0.3, -0.25) is 9.78 Å². The van der Waals surface area contributed by atoms with E-state index in [9.17, 15) is 4.79 Å². The molecule has 0 radical (unpaired) electrons. The molecule has 0 unspecified atom stereocenters. The molecule has 2 aromatic rings. The molecule has 6 heteroatoms. The van der Waals surface area contributed by atoms with Crippen LogP contribution in [0.15, 0.2) is 59.8 Å². The van der Waals surface area contributed by atoms with E-state index in [1.54, 1.807) is 55.3 Å². The number of pyridine rings is 1. The van der Waals surface area contributed by atoms with Crippen LogP contribution in [-0.2, 0) is 18.8 Å². The zero-order valence-corrected chi connectivity index (χ0v) is 12.8. The second-order valence-corrected chi connectivity index (χ2v) is 3.32. The van der Waals surface area contributed by atoms with Gasteiger partial charge in [0.15, 0.2) is 0 Å². The molecule has 0 aliphatic carbocycles. The molecule has 19 heavy (non-hydrogen) atoms. The van der Waals surface area contributed by atoms with Crippen molar-refractivity contribution in [1.82, 2.24) is 10.4 Å². The predicted molar refractivity (Wildman–Crippen MR) is 71.6 cm³/mol. The van der Waals surface area contributed by atoms with Crippen molar-refractivity contribution in [2.75, 3.05) is 0 Å². The third-order valence-electron chi connectivity index (χ3n) is 2.09. The number of hydrogen-bond acceptors (Lipinski definition) is 3. The number of amides is 1. The van der Waals surface area contributed by atoms with E-state index in [-0.39, 0.29) is 5.91 Å². The fourth-order valence-electron chi connectivity index (χ4n) is 1.26. The Balaban J connectivity index is 0.000000861. The summed E-state index contributed by atoms with van der Waals surface area (Å²) in [6.45, 7) is 0. The fraction of sp³-hybridized carbons (Fsp3) is 0. The summed E-state index contributed by atoms with van der Waals surface area (Å²) >= 11 is 1.61. The zero-order chi connectivity index (χ0) is 13.9. The molecule has 1 aromatic carbocycles. The van der Waals surface area contributed by atoms with Crippen molar-refractivity contribution in [1.29, 1.82) is 0 Å². The molecule has 2 rings (SSSR count). The molecule has 0 atom stereocenters. The van der Waals surface area contributed by atoms with E-state index in [1.807, 2.05) is 18.2 Å². The van der Waals surface area contributed by atoms with E-state index in [0.717, 1.165) is 0 Å². The Morgan fingerprint density at radius 2 is 1.84 bits per heavy atom. The van der Waals surface area contributed by atoms with Crippen LogP contribution in [-0.4, -0.2) is 17.1 Å². The molecule has 1 heterocycles. The van der Waals surface area contributed by atoms with Crippen LogP contribution in [0.1, 0.15) is 16.1 Å². The zero-order valence-electron chi connectivity index (χ0n) is 9.77. The van der Waals surface area contributed by atoms with Crippen LogP contribution in [0.3, 0.4) is 0 Å². The molecule has 1 aromatic heterocycles. The fourth-order valence-corrected chi connectivity index (χ4v) is 1.26. The third-order valence-corrected chi connectivity index (χ3v) is 2.09. The molecule has 1 N–H and O–H groups in total. The first-order valence-electron chi connectivity index (χ1n) is 5.28. The van der Waals surface area contributed by atoms with Gasteiger partial charge in [-0.25, -0.2) is 5.43 Å². The Morgan fingerprint density at radius 3 is 2.47 bits per heavy atom. The molecule has 0 aliphatic rings. The summed E-state index contributed by atoms with van der Waals surface area (Å²) in [5.41, 5.74) is 3.71. The van der Waals surface area contributed by atoms with Gasteiger partial charge in [0.2, 0.25) is 0 Å². The van der Waals surface area contributed by atoms with Gasteiger partial charge >= 0.3 is 28.2 Å². The van der Waals surface area contributed by atoms with Crippen LogP contribution in [0.2, 0.25) is 0 Å². The average molecular weight is 456 g/mol. The Bertz CT molecular complexity index is 520. The SMILES string of the molecule is O=C(N/N=C/c1ccccn1)c1ccccc1.[Cl][Pt+]. The van der Waals surface area contributed by atoms with E-state index in [4.69, 9.17) is 0 Å². The van der Waals surface area contributed by atoms with Gasteiger partial charge in [-0.1, -0.05) is 24.3 Å². The van der Waals surface area contributed by atoms with Gasteiger partial charge in [-0.2, -0.15) is 5.10 Å². The maximum absolute atomic E-state index is 11.6. The summed E-state index contributed by atoms with van der Waals surface area (Å²) in [5.74, 6) is -0.238. The van der Waals surface area contributed by atoms with Gasteiger partial charge in [0, 0.05) is 11.8 Å². The monoisotopic (exact) mass is 455 g/mol. The van der Waals surface area contributed by atoms with Crippen molar-refractivity contribution in [3.05, 3.63) is 66.0 Å². The van der Waals surface area contributed by atoms with Crippen LogP contribution < -0.4 is 5.43 Å². The molecule has 0 fully saturated rings. The number of aromatic nitrogens is 1. The van der Waals surface area contributed by atoms with Crippen molar-refractivity contribution >= 4 is 21.5 Å². The first-order valence-corrected chi connectivity index (χ1v) is 8.09. The molecular weight excluding hydrogens is 445 g/mol. The second kappa shape index (κ2) is 9.42. The summed E-state index contributed by atoms with van der Waals surface area (Å²) in [4.78, 5) is 15.6. The molecule has 1 amide bonds. The van der Waals surface area contributed by atoms with Crippen LogP contribution in [0.5, 0.6) is 0 Å². The molecule has 0 saturated carbocycles. The molecular formula is C13H11ClN3OPt+. The number of rotatable bonds is 3. The van der Waals surface area contributed by atoms with Crippen LogP contribution in [0, 0.1) is 0 Å². The molecule has 0 aliphatic heterocycles. The summed E-state index contributed by atoms with van der Waals surface area (Å²) in [7, 11) is 4.61. The van der Waals surface area contributed by atoms with E-state index < -0.39 is 0 Å². The topological polar surface area (TPSA) is 54.4 Å². The van der Waals surface area contributed by atoms with Gasteiger partial charge in [0.25, 0.3) is 5.91 Å². The summed E-state index contributed by atoms with van der Waals surface area (Å²) in [6.07, 6.45) is 3.17. The number of nitrogens with zero attached hydrogens (tertiary/aromatic N) is 2. The molecule has 0 saturated heterocycles. The number of nitrogens with one attached hydrogen (secondary N) is 1. The maximum atomic E-state index is 11.6. The minimum atomic E-state index is -0.238. The van der Waals surface area contributed by atoms with Crippen molar-refractivity contribution in [2.45, 2.75) is 0 Å². The Morgan fingerprint density at radius 1 is 1.16 bits per heavy atom. The number of halogens is 1. The van der Waals surface area contributed by atoms with Crippen molar-refractivity contribution in [3.8, 4) is 0 Å². The Labute approximate surface area is 126 Å². The average Bonchev–Trinajstić information content (AvgIpc) is 2.51. The summed E-state index contributed by atoms with van der Waals surface area (Å²) in [6, 6.07) is 14.4. The number of carbonyl (C=O) groups is 1. The minimum absolute atomic E-state index is 0.238. The Kier molecular flexibility index (Phi) is 7.71. The van der Waals surface area contributed by atoms with E-state index in [1.165, 1.54) is 6.21 Å². The third kappa shape index (κ3) is 5.77. The van der Waals surface area contributed by atoms with Crippen LogP contribution in [0.25, 0.3) is 0 Å². The van der Waals surface area contributed by atoms with Crippen molar-refractivity contribution in [3.63, 3.8) is 0 Å². The molecule has 4 nitrogen and oxygen atoms in total. The van der Waals surface area contributed by atoms with Crippen LogP contribution in [0.4, 0.5) is 0 Å². The number of benzene rings is 1. The second-order valence-electron chi connectivity index (χ2n) is 3.32. The van der Waals surface area contributed by atoms with Gasteiger partial charge < -0.3 is 0 Å². The van der Waals surface area contributed by atoms with Gasteiger partial charge in [-0.15, -0.1) is 0 Å². The quantitative estimate of drug-likeness (QED) is 0.571. The summed E-state index contributed by atoms with van der Waals surface area (Å²) in [5, 5.41) is 3.83. The first kappa shape index (κ1) is 15.5. The number of hydrazone groups is 1. The van der Waals surface area contributed by atoms with E-state index in [2.05, 4.69) is 24.9 Å². The normalized spacial score (nSPS) is 9.63. The molecule has 0 spiro atoms. The summed E-state index contributed by atoms with van der Waals surface area (Å²) < 4.78 is 0. The van der Waals surface area contributed by atoms with E-state index in [0.29, 0.717) is 11.3 Å². The number of carbonyl (C=O) groups excluding carboxylic acids is 1.